The molecule has 0 aliphatic carbocycles. The maximum Gasteiger partial charge on any atom is 0.166 e. The molecule has 2 heterocycles. The molecule has 0 radical (unpaired) electrons. The van der Waals surface area contributed by atoms with E-state index in [1.165, 1.54) is 10.8 Å². The highest BCUT2D eigenvalue weighted by Crippen LogP contribution is 2.39. The molecule has 0 fully saturated rings. The fourth-order valence-electron chi connectivity index (χ4n) is 8.45. The maximum absolute atomic E-state index is 5.43. The minimum absolute atomic E-state index is 0.593. The van der Waals surface area contributed by atoms with Crippen LogP contribution in [0.25, 0.3) is 106 Å². The summed E-state index contributed by atoms with van der Waals surface area (Å²) in [6.07, 6.45) is 0. The Morgan fingerprint density at radius 3 is 1.13 bits per heavy atom. The fraction of sp³-hybridized carbons (Fsp3) is 0. The second-order valence-corrected chi connectivity index (χ2v) is 15.2. The van der Waals surface area contributed by atoms with E-state index in [0.717, 1.165) is 77.9 Å². The Kier molecular flexibility index (Phi) is 9.14. The second-order valence-electron chi connectivity index (χ2n) is 15.2. The first-order chi connectivity index (χ1) is 30.2. The average molecular weight is 779 g/mol. The van der Waals surface area contributed by atoms with Crippen molar-refractivity contribution in [2.24, 2.45) is 0 Å². The van der Waals surface area contributed by atoms with E-state index in [2.05, 4.69) is 229 Å². The van der Waals surface area contributed by atoms with Gasteiger partial charge in [-0.3, -0.25) is 0 Å². The molecule has 0 unspecified atom stereocenters. The van der Waals surface area contributed by atoms with Gasteiger partial charge in [-0.1, -0.05) is 188 Å². The number of nitrogens with zero attached hydrogens (tertiary/aromatic N) is 4. The normalized spacial score (nSPS) is 11.3. The molecule has 4 heteroatoms. The molecule has 0 atom stereocenters. The second kappa shape index (κ2) is 15.5. The first-order valence-electron chi connectivity index (χ1n) is 20.6. The summed E-state index contributed by atoms with van der Waals surface area (Å²) in [6.45, 7) is 0. The lowest BCUT2D eigenvalue weighted by atomic mass is 9.95. The van der Waals surface area contributed by atoms with Crippen LogP contribution in [0.2, 0.25) is 0 Å². The van der Waals surface area contributed by atoms with Crippen LogP contribution in [0.4, 0.5) is 0 Å². The molecule has 0 N–H and O–H groups in total. The van der Waals surface area contributed by atoms with Crippen LogP contribution >= 0.6 is 0 Å². The van der Waals surface area contributed by atoms with Crippen LogP contribution in [-0.4, -0.2) is 19.5 Å². The van der Waals surface area contributed by atoms with Crippen molar-refractivity contribution >= 4 is 21.8 Å². The first-order valence-corrected chi connectivity index (χ1v) is 20.6. The molecule has 0 aliphatic rings. The highest BCUT2D eigenvalue weighted by atomic mass is 15.1. The number of fused-ring (bicyclic) bond motifs is 3. The van der Waals surface area contributed by atoms with E-state index in [0.29, 0.717) is 17.5 Å². The smallest absolute Gasteiger partial charge is 0.166 e. The van der Waals surface area contributed by atoms with Crippen LogP contribution in [0.1, 0.15) is 0 Å². The lowest BCUT2D eigenvalue weighted by Gasteiger charge is -2.17. The Morgan fingerprint density at radius 1 is 0.246 bits per heavy atom. The summed E-state index contributed by atoms with van der Waals surface area (Å²) in [5.41, 5.74) is 14.9. The largest absolute Gasteiger partial charge is 0.308 e. The quantitative estimate of drug-likeness (QED) is 0.154. The summed E-state index contributed by atoms with van der Waals surface area (Å²) in [4.78, 5) is 16.1. The van der Waals surface area contributed by atoms with Crippen LogP contribution in [0, 0.1) is 0 Å². The number of rotatable bonds is 8. The van der Waals surface area contributed by atoms with Crippen LogP contribution in [0.3, 0.4) is 0 Å². The first kappa shape index (κ1) is 35.9. The summed E-state index contributed by atoms with van der Waals surface area (Å²) in [5.74, 6) is 1.80. The SMILES string of the molecule is c1ccc(-c2ccc(-c3nc(-c4cc(-c5ccccc5)cc(-c5ccccc5)c4)nc(-c4ccc(-c5ccccc5)cc4-n4c5ccccc5c5ccccc54)n3)cc2)cc1. The highest BCUT2D eigenvalue weighted by molar-refractivity contribution is 6.09. The zero-order valence-corrected chi connectivity index (χ0v) is 33.2. The van der Waals surface area contributed by atoms with Crippen molar-refractivity contribution < 1.29 is 0 Å². The Labute approximate surface area is 354 Å². The monoisotopic (exact) mass is 778 g/mol. The van der Waals surface area contributed by atoms with Gasteiger partial charge >= 0.3 is 0 Å². The predicted octanol–water partition coefficient (Wildman–Crippen LogP) is 14.6. The zero-order valence-electron chi connectivity index (χ0n) is 33.2. The van der Waals surface area contributed by atoms with E-state index in [9.17, 15) is 0 Å². The topological polar surface area (TPSA) is 43.6 Å². The molecule has 0 aliphatic heterocycles. The van der Waals surface area contributed by atoms with E-state index < -0.39 is 0 Å². The molecule has 61 heavy (non-hydrogen) atoms. The van der Waals surface area contributed by atoms with E-state index >= 15 is 0 Å². The summed E-state index contributed by atoms with van der Waals surface area (Å²) >= 11 is 0. The molecule has 2 aromatic heterocycles. The standard InChI is InChI=1S/C57H38N4/c1-5-17-39(18-6-1)43-29-31-44(32-30-43)55-58-56(48-36-46(41-21-9-3-10-22-41)35-47(37-48)42-23-11-4-12-24-42)60-57(59-55)51-34-33-45(40-19-7-2-8-20-40)38-54(51)61-52-27-15-13-25-49(52)50-26-14-16-28-53(50)61/h1-38H. The van der Waals surface area contributed by atoms with Crippen molar-refractivity contribution in [1.82, 2.24) is 19.5 Å². The summed E-state index contributed by atoms with van der Waals surface area (Å²) < 4.78 is 2.37. The van der Waals surface area contributed by atoms with Gasteiger partial charge in [0.25, 0.3) is 0 Å². The number of hydrogen-bond acceptors (Lipinski definition) is 3. The molecule has 11 rings (SSSR count). The minimum atomic E-state index is 0.593. The van der Waals surface area contributed by atoms with Gasteiger partial charge in [0.1, 0.15) is 0 Å². The van der Waals surface area contributed by atoms with Gasteiger partial charge in [0, 0.05) is 27.5 Å². The van der Waals surface area contributed by atoms with E-state index in [4.69, 9.17) is 15.0 Å². The Morgan fingerprint density at radius 2 is 0.607 bits per heavy atom. The average Bonchev–Trinajstić information content (AvgIpc) is 3.69. The van der Waals surface area contributed by atoms with Crippen LogP contribution < -0.4 is 0 Å². The molecular formula is C57H38N4. The number of hydrogen-bond donors (Lipinski definition) is 0. The molecule has 9 aromatic carbocycles. The van der Waals surface area contributed by atoms with Gasteiger partial charge < -0.3 is 4.57 Å². The Bertz CT molecular complexity index is 3210. The van der Waals surface area contributed by atoms with Gasteiger partial charge in [0.05, 0.1) is 16.7 Å². The number of aromatic nitrogens is 4. The van der Waals surface area contributed by atoms with E-state index in [1.54, 1.807) is 0 Å². The zero-order chi connectivity index (χ0) is 40.5. The van der Waals surface area contributed by atoms with Crippen molar-refractivity contribution in [1.29, 1.82) is 0 Å². The van der Waals surface area contributed by atoms with Gasteiger partial charge in [-0.05, 0) is 87.0 Å². The third-order valence-corrected chi connectivity index (χ3v) is 11.5. The van der Waals surface area contributed by atoms with E-state index in [1.807, 2.05) is 6.07 Å². The molecule has 4 nitrogen and oxygen atoms in total. The molecule has 286 valence electrons. The fourth-order valence-corrected chi connectivity index (χ4v) is 8.45. The van der Waals surface area contributed by atoms with Gasteiger partial charge in [0.15, 0.2) is 17.5 Å². The molecule has 0 saturated carbocycles. The molecule has 0 amide bonds. The van der Waals surface area contributed by atoms with Crippen molar-refractivity contribution in [3.05, 3.63) is 231 Å². The highest BCUT2D eigenvalue weighted by Gasteiger charge is 2.21. The molecule has 0 spiro atoms. The Balaban J connectivity index is 1.18. The van der Waals surface area contributed by atoms with Gasteiger partial charge in [-0.25, -0.2) is 15.0 Å². The third-order valence-electron chi connectivity index (χ3n) is 11.5. The van der Waals surface area contributed by atoms with Crippen LogP contribution in [0.15, 0.2) is 231 Å². The number of para-hydroxylation sites is 2. The number of benzene rings is 9. The van der Waals surface area contributed by atoms with Gasteiger partial charge in [0.2, 0.25) is 0 Å². The molecule has 0 saturated heterocycles. The lowest BCUT2D eigenvalue weighted by Crippen LogP contribution is -2.04. The maximum atomic E-state index is 5.43. The molecule has 0 bridgehead atoms. The van der Waals surface area contributed by atoms with Crippen molar-refractivity contribution in [3.63, 3.8) is 0 Å². The van der Waals surface area contributed by atoms with Crippen LogP contribution in [0.5, 0.6) is 0 Å². The summed E-state index contributed by atoms with van der Waals surface area (Å²) in [5, 5.41) is 2.38. The third kappa shape index (κ3) is 6.86. The lowest BCUT2D eigenvalue weighted by molar-refractivity contribution is 1.06. The molecule has 11 aromatic rings. The van der Waals surface area contributed by atoms with E-state index in [-0.39, 0.29) is 0 Å². The minimum Gasteiger partial charge on any atom is -0.308 e. The van der Waals surface area contributed by atoms with Gasteiger partial charge in [-0.2, -0.15) is 0 Å². The predicted molar refractivity (Wildman–Crippen MR) is 252 cm³/mol. The van der Waals surface area contributed by atoms with Crippen molar-refractivity contribution in [2.75, 3.05) is 0 Å². The van der Waals surface area contributed by atoms with Gasteiger partial charge in [-0.15, -0.1) is 0 Å². The summed E-state index contributed by atoms with van der Waals surface area (Å²) in [6, 6.07) is 81.1. The summed E-state index contributed by atoms with van der Waals surface area (Å²) in [7, 11) is 0. The van der Waals surface area contributed by atoms with Crippen LogP contribution in [-0.2, 0) is 0 Å². The van der Waals surface area contributed by atoms with Crippen molar-refractivity contribution in [2.45, 2.75) is 0 Å². The molecular weight excluding hydrogens is 741 g/mol. The Hall–Kier alpha value is -8.21. The van der Waals surface area contributed by atoms with Crippen molar-refractivity contribution in [3.8, 4) is 84.4 Å².